The van der Waals surface area contributed by atoms with Crippen molar-refractivity contribution in [1.82, 2.24) is 9.97 Å². The molecule has 214 valence electrons. The first-order chi connectivity index (χ1) is 22.8. The van der Waals surface area contributed by atoms with Crippen molar-refractivity contribution in [2.45, 2.75) is 0 Å². The third-order valence-corrected chi connectivity index (χ3v) is 10.2. The maximum absolute atomic E-state index is 6.43. The Hall–Kier alpha value is -5.84. The number of benzene rings is 7. The third kappa shape index (κ3) is 3.91. The summed E-state index contributed by atoms with van der Waals surface area (Å²) in [6, 6.07) is 51.4. The molecule has 0 radical (unpaired) electrons. The molecule has 0 unspecified atom stereocenters. The van der Waals surface area contributed by atoms with Gasteiger partial charge in [0.2, 0.25) is 0 Å². The molecule has 7 aromatic carbocycles. The normalized spacial score (nSPS) is 11.9. The van der Waals surface area contributed by atoms with Crippen LogP contribution in [0.1, 0.15) is 0 Å². The van der Waals surface area contributed by atoms with Gasteiger partial charge in [-0.3, -0.25) is 0 Å². The molecule has 0 fully saturated rings. The van der Waals surface area contributed by atoms with Crippen molar-refractivity contribution < 1.29 is 4.42 Å². The zero-order chi connectivity index (χ0) is 30.2. The number of nitrogens with zero attached hydrogens (tertiary/aromatic N) is 2. The van der Waals surface area contributed by atoms with Gasteiger partial charge in [-0.2, -0.15) is 0 Å². The van der Waals surface area contributed by atoms with E-state index in [-0.39, 0.29) is 0 Å². The van der Waals surface area contributed by atoms with Crippen LogP contribution in [0.2, 0.25) is 0 Å². The molecule has 10 rings (SSSR count). The minimum atomic E-state index is 0.698. The second-order valence-electron chi connectivity index (χ2n) is 11.8. The summed E-state index contributed by atoms with van der Waals surface area (Å²) in [4.78, 5) is 10.6. The number of aromatic nitrogens is 2. The summed E-state index contributed by atoms with van der Waals surface area (Å²) in [6.07, 6.45) is 0. The molecule has 3 nitrogen and oxygen atoms in total. The van der Waals surface area contributed by atoms with E-state index in [9.17, 15) is 0 Å². The molecule has 0 saturated carbocycles. The van der Waals surface area contributed by atoms with Crippen molar-refractivity contribution in [2.75, 3.05) is 0 Å². The van der Waals surface area contributed by atoms with E-state index in [2.05, 4.69) is 133 Å². The first kappa shape index (κ1) is 25.5. The van der Waals surface area contributed by atoms with Gasteiger partial charge >= 0.3 is 0 Å². The lowest BCUT2D eigenvalue weighted by Crippen LogP contribution is -1.94. The monoisotopic (exact) mass is 604 g/mol. The Morgan fingerprint density at radius 2 is 1.15 bits per heavy atom. The molecule has 0 atom stereocenters. The number of fused-ring (bicyclic) bond motifs is 8. The highest BCUT2D eigenvalue weighted by atomic mass is 32.1. The smallest absolute Gasteiger partial charge is 0.161 e. The summed E-state index contributed by atoms with van der Waals surface area (Å²) < 4.78 is 8.73. The van der Waals surface area contributed by atoms with Crippen LogP contribution in [0.3, 0.4) is 0 Å². The zero-order valence-electron chi connectivity index (χ0n) is 24.6. The van der Waals surface area contributed by atoms with Gasteiger partial charge in [0.05, 0.1) is 15.9 Å². The fourth-order valence-corrected chi connectivity index (χ4v) is 7.96. The highest BCUT2D eigenvalue weighted by molar-refractivity contribution is 7.26. The van der Waals surface area contributed by atoms with E-state index >= 15 is 0 Å². The Labute approximate surface area is 268 Å². The molecule has 3 aromatic heterocycles. The van der Waals surface area contributed by atoms with Crippen LogP contribution in [-0.2, 0) is 0 Å². The molecular weight excluding hydrogens is 581 g/mol. The SMILES string of the molecule is c1ccc2cc(-c3ccc4oc5cccc(-c6nc(-c7ccc8ccccc8c7)c7sc8ccccc8c7n6)c5c4c3)ccc2c1. The molecule has 4 heteroatoms. The van der Waals surface area contributed by atoms with Gasteiger partial charge in [0.1, 0.15) is 11.2 Å². The van der Waals surface area contributed by atoms with Crippen molar-refractivity contribution >= 4 is 75.1 Å². The van der Waals surface area contributed by atoms with E-state index in [0.29, 0.717) is 5.82 Å². The van der Waals surface area contributed by atoms with Crippen LogP contribution in [0, 0.1) is 0 Å². The van der Waals surface area contributed by atoms with Crippen LogP contribution in [0.25, 0.3) is 97.6 Å². The molecule has 0 bridgehead atoms. The van der Waals surface area contributed by atoms with Crippen molar-refractivity contribution in [3.8, 4) is 33.8 Å². The Kier molecular flexibility index (Phi) is 5.45. The predicted octanol–water partition coefficient (Wildman–Crippen LogP) is 12.1. The summed E-state index contributed by atoms with van der Waals surface area (Å²) in [5.41, 5.74) is 7.98. The largest absolute Gasteiger partial charge is 0.456 e. The molecule has 0 aliphatic rings. The molecule has 10 aromatic rings. The average Bonchev–Trinajstić information content (AvgIpc) is 3.69. The third-order valence-electron chi connectivity index (χ3n) is 9.06. The molecule has 3 heterocycles. The first-order valence-corrected chi connectivity index (χ1v) is 16.2. The fraction of sp³-hybridized carbons (Fsp3) is 0. The lowest BCUT2D eigenvalue weighted by Gasteiger charge is -2.09. The number of thiophene rings is 1. The molecule has 0 amide bonds. The van der Waals surface area contributed by atoms with Gasteiger partial charge in [0.15, 0.2) is 5.82 Å². The van der Waals surface area contributed by atoms with Gasteiger partial charge in [-0.25, -0.2) is 9.97 Å². The van der Waals surface area contributed by atoms with Crippen LogP contribution < -0.4 is 0 Å². The first-order valence-electron chi connectivity index (χ1n) is 15.4. The maximum Gasteiger partial charge on any atom is 0.161 e. The predicted molar refractivity (Wildman–Crippen MR) is 194 cm³/mol. The zero-order valence-corrected chi connectivity index (χ0v) is 25.4. The minimum absolute atomic E-state index is 0.698. The Balaban J connectivity index is 1.23. The van der Waals surface area contributed by atoms with Crippen molar-refractivity contribution in [2.24, 2.45) is 0 Å². The van der Waals surface area contributed by atoms with E-state index in [0.717, 1.165) is 59.9 Å². The quantitative estimate of drug-likeness (QED) is 0.201. The van der Waals surface area contributed by atoms with Crippen LogP contribution in [0.15, 0.2) is 150 Å². The highest BCUT2D eigenvalue weighted by Crippen LogP contribution is 2.42. The fourth-order valence-electron chi connectivity index (χ4n) is 6.81. The molecule has 0 aliphatic carbocycles. The van der Waals surface area contributed by atoms with Gasteiger partial charge in [0, 0.05) is 32.0 Å². The van der Waals surface area contributed by atoms with Crippen LogP contribution in [-0.4, -0.2) is 9.97 Å². The Bertz CT molecular complexity index is 2830. The van der Waals surface area contributed by atoms with Gasteiger partial charge in [-0.05, 0) is 69.1 Å². The lowest BCUT2D eigenvalue weighted by atomic mass is 9.98. The van der Waals surface area contributed by atoms with Crippen molar-refractivity contribution in [3.63, 3.8) is 0 Å². The molecule has 0 N–H and O–H groups in total. The summed E-state index contributed by atoms with van der Waals surface area (Å²) >= 11 is 1.76. The minimum Gasteiger partial charge on any atom is -0.456 e. The molecule has 0 spiro atoms. The molecular formula is C42H24N2OS. The standard InChI is InChI=1S/C42H24N2OS/c1-3-10-27-22-29(18-16-25(27)8-1)30-20-21-35-34(24-30)38-33(13-7-14-36(38)45-35)42-43-39(31-19-17-26-9-2-4-11-28(26)23-31)41-40(44-42)32-12-5-6-15-37(32)46-41/h1-24H. The summed E-state index contributed by atoms with van der Waals surface area (Å²) in [5, 5.41) is 8.10. The van der Waals surface area contributed by atoms with Gasteiger partial charge in [0.25, 0.3) is 0 Å². The van der Waals surface area contributed by atoms with E-state index in [1.54, 1.807) is 11.3 Å². The maximum atomic E-state index is 6.43. The van der Waals surface area contributed by atoms with E-state index in [4.69, 9.17) is 14.4 Å². The van der Waals surface area contributed by atoms with Crippen molar-refractivity contribution in [3.05, 3.63) is 146 Å². The highest BCUT2D eigenvalue weighted by Gasteiger charge is 2.20. The van der Waals surface area contributed by atoms with E-state index in [1.165, 1.54) is 31.8 Å². The number of rotatable bonds is 3. The van der Waals surface area contributed by atoms with Crippen LogP contribution in [0.5, 0.6) is 0 Å². The number of hydrogen-bond donors (Lipinski definition) is 0. The summed E-state index contributed by atoms with van der Waals surface area (Å²) in [7, 11) is 0. The number of furan rings is 1. The summed E-state index contributed by atoms with van der Waals surface area (Å²) in [5.74, 6) is 0.698. The van der Waals surface area contributed by atoms with Crippen molar-refractivity contribution in [1.29, 1.82) is 0 Å². The average molecular weight is 605 g/mol. The van der Waals surface area contributed by atoms with Gasteiger partial charge in [-0.15, -0.1) is 11.3 Å². The Morgan fingerprint density at radius 3 is 1.98 bits per heavy atom. The second kappa shape index (κ2) is 9.83. The number of hydrogen-bond acceptors (Lipinski definition) is 4. The molecule has 0 aliphatic heterocycles. The van der Waals surface area contributed by atoms with E-state index < -0.39 is 0 Å². The van der Waals surface area contributed by atoms with Crippen LogP contribution >= 0.6 is 11.3 Å². The Morgan fingerprint density at radius 1 is 0.478 bits per heavy atom. The van der Waals surface area contributed by atoms with E-state index in [1.807, 2.05) is 12.1 Å². The summed E-state index contributed by atoms with van der Waals surface area (Å²) in [6.45, 7) is 0. The molecule has 46 heavy (non-hydrogen) atoms. The van der Waals surface area contributed by atoms with Crippen LogP contribution in [0.4, 0.5) is 0 Å². The van der Waals surface area contributed by atoms with Gasteiger partial charge < -0.3 is 4.42 Å². The lowest BCUT2D eigenvalue weighted by molar-refractivity contribution is 0.669. The second-order valence-corrected chi connectivity index (χ2v) is 12.8. The topological polar surface area (TPSA) is 38.9 Å². The molecule has 0 saturated heterocycles. The van der Waals surface area contributed by atoms with Gasteiger partial charge in [-0.1, -0.05) is 109 Å².